The molecule has 0 atom stereocenters. The maximum absolute atomic E-state index is 13.5. The number of sulfonamides is 1. The highest BCUT2D eigenvalue weighted by molar-refractivity contribution is 7.92. The number of nitrogens with zero attached hydrogens (tertiary/aromatic N) is 1. The molecule has 8 heteroatoms. The molecule has 0 saturated heterocycles. The van der Waals surface area contributed by atoms with Crippen LogP contribution in [0.3, 0.4) is 0 Å². The summed E-state index contributed by atoms with van der Waals surface area (Å²) in [5, 5.41) is 9.46. The molecule has 0 unspecified atom stereocenters. The number of carboxylic acids is 1. The molecule has 0 aliphatic carbocycles. The average molecular weight is 488 g/mol. The van der Waals surface area contributed by atoms with Gasteiger partial charge in [0.1, 0.15) is 12.4 Å². The van der Waals surface area contributed by atoms with Crippen molar-refractivity contribution in [2.24, 2.45) is 0 Å². The van der Waals surface area contributed by atoms with Gasteiger partial charge >= 0.3 is 5.97 Å². The van der Waals surface area contributed by atoms with Crippen molar-refractivity contribution in [2.45, 2.75) is 37.7 Å². The van der Waals surface area contributed by atoms with Gasteiger partial charge in [-0.05, 0) is 54.4 Å². The van der Waals surface area contributed by atoms with E-state index in [1.54, 1.807) is 60.7 Å². The van der Waals surface area contributed by atoms with E-state index in [0.29, 0.717) is 22.9 Å². The second-order valence-corrected chi connectivity index (χ2v) is 9.80. The van der Waals surface area contributed by atoms with E-state index in [1.807, 2.05) is 0 Å². The lowest BCUT2D eigenvalue weighted by atomic mass is 10.1. The Balaban J connectivity index is 1.94. The highest BCUT2D eigenvalue weighted by Gasteiger charge is 2.27. The maximum atomic E-state index is 13.5. The van der Waals surface area contributed by atoms with Gasteiger partial charge in [0, 0.05) is 11.6 Å². The molecule has 6 nitrogen and oxygen atoms in total. The van der Waals surface area contributed by atoms with Crippen molar-refractivity contribution < 1.29 is 23.1 Å². The SMILES string of the molecule is CCCCCN(c1cc(Cl)ccc1OCc1ccc(C(=O)O)cc1)S(=O)(=O)c1ccccc1. The molecule has 0 heterocycles. The van der Waals surface area contributed by atoms with E-state index in [9.17, 15) is 13.2 Å². The van der Waals surface area contributed by atoms with Gasteiger partial charge in [0.15, 0.2) is 0 Å². The first-order valence-corrected chi connectivity index (χ1v) is 12.5. The minimum absolute atomic E-state index is 0.142. The molecule has 0 bridgehead atoms. The number of halogens is 1. The van der Waals surface area contributed by atoms with Gasteiger partial charge in [0.2, 0.25) is 0 Å². The Labute approximate surface area is 199 Å². The molecule has 0 fully saturated rings. The minimum atomic E-state index is -3.84. The summed E-state index contributed by atoms with van der Waals surface area (Å²) in [4.78, 5) is 11.2. The highest BCUT2D eigenvalue weighted by atomic mass is 35.5. The van der Waals surface area contributed by atoms with E-state index in [1.165, 1.54) is 16.4 Å². The summed E-state index contributed by atoms with van der Waals surface area (Å²) >= 11 is 6.25. The van der Waals surface area contributed by atoms with Gasteiger partial charge in [0.25, 0.3) is 10.0 Å². The summed E-state index contributed by atoms with van der Waals surface area (Å²) < 4.78 is 34.4. The van der Waals surface area contributed by atoms with Crippen LogP contribution in [0.5, 0.6) is 5.75 Å². The molecule has 33 heavy (non-hydrogen) atoms. The van der Waals surface area contributed by atoms with Gasteiger partial charge in [-0.2, -0.15) is 0 Å². The molecule has 0 aliphatic heterocycles. The first kappa shape index (κ1) is 24.6. The molecular formula is C25H26ClNO5S. The van der Waals surface area contributed by atoms with Crippen molar-refractivity contribution in [3.05, 3.63) is 88.9 Å². The van der Waals surface area contributed by atoms with Crippen LogP contribution in [0.15, 0.2) is 77.7 Å². The summed E-state index contributed by atoms with van der Waals surface area (Å²) in [7, 11) is -3.84. The lowest BCUT2D eigenvalue weighted by molar-refractivity contribution is 0.0697. The number of hydrogen-bond donors (Lipinski definition) is 1. The number of unbranched alkanes of at least 4 members (excludes halogenated alkanes) is 2. The van der Waals surface area contributed by atoms with E-state index in [2.05, 4.69) is 6.92 Å². The quantitative estimate of drug-likeness (QED) is 0.335. The summed E-state index contributed by atoms with van der Waals surface area (Å²) in [5.41, 5.74) is 1.30. The summed E-state index contributed by atoms with van der Waals surface area (Å²) in [6.07, 6.45) is 2.52. The molecule has 3 rings (SSSR count). The minimum Gasteiger partial charge on any atom is -0.487 e. The summed E-state index contributed by atoms with van der Waals surface area (Å²) in [6.45, 7) is 2.48. The van der Waals surface area contributed by atoms with Crippen molar-refractivity contribution in [3.63, 3.8) is 0 Å². The van der Waals surface area contributed by atoms with Crippen LogP contribution in [0.1, 0.15) is 42.1 Å². The zero-order chi connectivity index (χ0) is 23.8. The molecular weight excluding hydrogens is 462 g/mol. The van der Waals surface area contributed by atoms with Gasteiger partial charge in [-0.25, -0.2) is 13.2 Å². The third kappa shape index (κ3) is 6.27. The van der Waals surface area contributed by atoms with Crippen LogP contribution in [0.2, 0.25) is 5.02 Å². The number of benzene rings is 3. The van der Waals surface area contributed by atoms with E-state index in [-0.39, 0.29) is 23.6 Å². The van der Waals surface area contributed by atoms with Crippen LogP contribution >= 0.6 is 11.6 Å². The smallest absolute Gasteiger partial charge is 0.335 e. The zero-order valence-electron chi connectivity index (χ0n) is 18.3. The number of anilines is 1. The van der Waals surface area contributed by atoms with Crippen LogP contribution in [-0.4, -0.2) is 26.0 Å². The molecule has 0 saturated carbocycles. The maximum Gasteiger partial charge on any atom is 0.335 e. The molecule has 1 N–H and O–H groups in total. The predicted molar refractivity (Wildman–Crippen MR) is 130 cm³/mol. The summed E-state index contributed by atoms with van der Waals surface area (Å²) in [6, 6.07) is 19.5. The Morgan fingerprint density at radius 1 is 1.00 bits per heavy atom. The van der Waals surface area contributed by atoms with Crippen LogP contribution in [0.25, 0.3) is 0 Å². The second kappa shape index (κ2) is 11.2. The van der Waals surface area contributed by atoms with Crippen LogP contribution < -0.4 is 9.04 Å². The Bertz CT molecular complexity index is 1180. The average Bonchev–Trinajstić information content (AvgIpc) is 2.82. The highest BCUT2D eigenvalue weighted by Crippen LogP contribution is 2.36. The van der Waals surface area contributed by atoms with Crippen molar-refractivity contribution in [1.82, 2.24) is 0 Å². The van der Waals surface area contributed by atoms with Crippen LogP contribution in [-0.2, 0) is 16.6 Å². The van der Waals surface area contributed by atoms with Gasteiger partial charge in [-0.15, -0.1) is 0 Å². The van der Waals surface area contributed by atoms with Crippen molar-refractivity contribution in [3.8, 4) is 5.75 Å². The number of rotatable bonds is 11. The Hall–Kier alpha value is -3.03. The number of aromatic carboxylic acids is 1. The topological polar surface area (TPSA) is 83.9 Å². The predicted octanol–water partition coefficient (Wildman–Crippen LogP) is 6.00. The van der Waals surface area contributed by atoms with E-state index < -0.39 is 16.0 Å². The van der Waals surface area contributed by atoms with Gasteiger partial charge in [0.05, 0.1) is 16.1 Å². The first-order chi connectivity index (χ1) is 15.8. The monoisotopic (exact) mass is 487 g/mol. The zero-order valence-corrected chi connectivity index (χ0v) is 19.8. The van der Waals surface area contributed by atoms with Crippen molar-refractivity contribution in [1.29, 1.82) is 0 Å². The Morgan fingerprint density at radius 2 is 1.70 bits per heavy atom. The van der Waals surface area contributed by atoms with Gasteiger partial charge < -0.3 is 9.84 Å². The summed E-state index contributed by atoms with van der Waals surface area (Å²) in [5.74, 6) is -0.631. The van der Waals surface area contributed by atoms with E-state index >= 15 is 0 Å². The van der Waals surface area contributed by atoms with E-state index in [0.717, 1.165) is 18.4 Å². The van der Waals surface area contributed by atoms with Gasteiger partial charge in [-0.1, -0.05) is 61.7 Å². The largest absolute Gasteiger partial charge is 0.487 e. The molecule has 0 aromatic heterocycles. The number of carboxylic acid groups (broad SMARTS) is 1. The molecule has 0 radical (unpaired) electrons. The standard InChI is InChI=1S/C25H26ClNO5S/c1-2-3-7-16-27(33(30,31)22-8-5-4-6-9-22)23-17-21(26)14-15-24(23)32-18-19-10-12-20(13-11-19)25(28)29/h4-6,8-15,17H,2-3,7,16,18H2,1H3,(H,28,29). The molecule has 0 amide bonds. The fourth-order valence-electron chi connectivity index (χ4n) is 3.31. The molecule has 0 spiro atoms. The molecule has 0 aliphatic rings. The fraction of sp³-hybridized carbons (Fsp3) is 0.240. The number of carbonyl (C=O) groups is 1. The van der Waals surface area contributed by atoms with Crippen LogP contribution in [0.4, 0.5) is 5.69 Å². The normalized spacial score (nSPS) is 11.2. The number of ether oxygens (including phenoxy) is 1. The molecule has 3 aromatic carbocycles. The first-order valence-electron chi connectivity index (χ1n) is 10.7. The third-order valence-corrected chi connectivity index (χ3v) is 7.14. The van der Waals surface area contributed by atoms with Crippen LogP contribution in [0, 0.1) is 0 Å². The Morgan fingerprint density at radius 3 is 2.33 bits per heavy atom. The van der Waals surface area contributed by atoms with Crippen molar-refractivity contribution in [2.75, 3.05) is 10.8 Å². The molecule has 3 aromatic rings. The number of hydrogen-bond acceptors (Lipinski definition) is 4. The van der Waals surface area contributed by atoms with Gasteiger partial charge in [-0.3, -0.25) is 4.31 Å². The fourth-order valence-corrected chi connectivity index (χ4v) is 5.00. The lowest BCUT2D eigenvalue weighted by Crippen LogP contribution is -2.32. The van der Waals surface area contributed by atoms with E-state index in [4.69, 9.17) is 21.4 Å². The Kier molecular flexibility index (Phi) is 8.36. The molecule has 174 valence electrons. The van der Waals surface area contributed by atoms with Crippen molar-refractivity contribution >= 4 is 33.3 Å². The lowest BCUT2D eigenvalue weighted by Gasteiger charge is -2.27. The second-order valence-electron chi connectivity index (χ2n) is 7.50. The third-order valence-electron chi connectivity index (χ3n) is 5.08.